The van der Waals surface area contributed by atoms with Gasteiger partial charge in [0, 0.05) is 6.07 Å². The van der Waals surface area contributed by atoms with Crippen LogP contribution in [0.15, 0.2) is 71.1 Å². The summed E-state index contributed by atoms with van der Waals surface area (Å²) in [6, 6.07) is 17.7. The Morgan fingerprint density at radius 1 is 1.07 bits per heavy atom. The third kappa shape index (κ3) is 5.22. The summed E-state index contributed by atoms with van der Waals surface area (Å²) in [5.74, 6) is -0.587. The van der Waals surface area contributed by atoms with E-state index in [1.54, 1.807) is 24.3 Å². The number of nitrogens with one attached hydrogen (secondary N) is 1. The molecule has 0 radical (unpaired) electrons. The van der Waals surface area contributed by atoms with E-state index in [1.165, 1.54) is 31.2 Å². The van der Waals surface area contributed by atoms with Gasteiger partial charge in [0.05, 0.1) is 4.92 Å². The van der Waals surface area contributed by atoms with Gasteiger partial charge in [-0.25, -0.2) is 4.79 Å². The summed E-state index contributed by atoms with van der Waals surface area (Å²) in [5.41, 5.74) is -0.257. The summed E-state index contributed by atoms with van der Waals surface area (Å²) in [4.78, 5) is 34.9. The normalized spacial score (nSPS) is 11.4. The number of carbonyl (C=O) groups excluding carboxylic acids is 2. The van der Waals surface area contributed by atoms with Crippen molar-refractivity contribution in [2.75, 3.05) is 5.32 Å². The van der Waals surface area contributed by atoms with Crippen LogP contribution in [-0.4, -0.2) is 22.9 Å². The maximum atomic E-state index is 12.3. The second-order valence-electron chi connectivity index (χ2n) is 6.18. The first-order valence-electron chi connectivity index (χ1n) is 8.96. The molecule has 154 valence electrons. The Balaban J connectivity index is 1.56. The molecular weight excluding hydrogens is 392 g/mol. The molecule has 0 fully saturated rings. The molecule has 1 heterocycles. The molecule has 0 aliphatic heterocycles. The van der Waals surface area contributed by atoms with Crippen molar-refractivity contribution < 1.29 is 28.4 Å². The number of ether oxygens (including phenoxy) is 2. The number of para-hydroxylation sites is 3. The summed E-state index contributed by atoms with van der Waals surface area (Å²) in [7, 11) is 0. The molecule has 3 rings (SSSR count). The van der Waals surface area contributed by atoms with Crippen LogP contribution >= 0.6 is 0 Å². The van der Waals surface area contributed by atoms with E-state index >= 15 is 0 Å². The number of amides is 1. The second-order valence-corrected chi connectivity index (χ2v) is 6.18. The van der Waals surface area contributed by atoms with Gasteiger partial charge in [0.15, 0.2) is 6.10 Å². The molecule has 0 saturated carbocycles. The number of nitro benzene ring substituents is 1. The number of carbonyl (C=O) groups is 2. The topological polar surface area (TPSA) is 121 Å². The van der Waals surface area contributed by atoms with Crippen molar-refractivity contribution in [3.63, 3.8) is 0 Å². The number of nitrogens with zero attached hydrogens (tertiary/aromatic N) is 1. The number of hydrogen-bond acceptors (Lipinski definition) is 7. The first-order valence-corrected chi connectivity index (χ1v) is 8.96. The molecule has 0 bridgehead atoms. The molecular formula is C21H18N2O7. The van der Waals surface area contributed by atoms with E-state index in [1.807, 2.05) is 18.2 Å². The van der Waals surface area contributed by atoms with Gasteiger partial charge < -0.3 is 19.2 Å². The predicted molar refractivity (Wildman–Crippen MR) is 106 cm³/mol. The molecule has 1 N–H and O–H groups in total. The fraction of sp³-hybridized carbons (Fsp3) is 0.143. The average Bonchev–Trinajstić information content (AvgIpc) is 3.22. The monoisotopic (exact) mass is 410 g/mol. The standard InChI is InChI=1S/C21H18N2O7/c1-14(20(24)22-17-9-5-6-10-18(17)23(26)27)29-21(25)19-12-11-16(30-19)13-28-15-7-3-2-4-8-15/h2-12,14H,13H2,1H3,(H,22,24). The molecule has 1 atom stereocenters. The quantitative estimate of drug-likeness (QED) is 0.339. The van der Waals surface area contributed by atoms with Crippen molar-refractivity contribution in [3.8, 4) is 5.75 Å². The van der Waals surface area contributed by atoms with Crippen LogP contribution in [0.5, 0.6) is 5.75 Å². The Bertz CT molecular complexity index is 1050. The lowest BCUT2D eigenvalue weighted by Crippen LogP contribution is -2.30. The molecule has 3 aromatic rings. The Morgan fingerprint density at radius 2 is 1.77 bits per heavy atom. The van der Waals surface area contributed by atoms with Crippen LogP contribution in [0.2, 0.25) is 0 Å². The van der Waals surface area contributed by atoms with Gasteiger partial charge in [-0.1, -0.05) is 30.3 Å². The van der Waals surface area contributed by atoms with Gasteiger partial charge in [0.25, 0.3) is 11.6 Å². The van der Waals surface area contributed by atoms with Crippen molar-refractivity contribution >= 4 is 23.3 Å². The van der Waals surface area contributed by atoms with E-state index in [9.17, 15) is 19.7 Å². The molecule has 1 aromatic heterocycles. The highest BCUT2D eigenvalue weighted by atomic mass is 16.6. The van der Waals surface area contributed by atoms with Crippen LogP contribution < -0.4 is 10.1 Å². The van der Waals surface area contributed by atoms with Crippen molar-refractivity contribution in [3.05, 3.63) is 88.4 Å². The number of benzene rings is 2. The first kappa shape index (κ1) is 20.6. The Kier molecular flexibility index (Phi) is 6.43. The molecule has 0 spiro atoms. The molecule has 30 heavy (non-hydrogen) atoms. The fourth-order valence-electron chi connectivity index (χ4n) is 2.48. The van der Waals surface area contributed by atoms with Crippen molar-refractivity contribution in [2.24, 2.45) is 0 Å². The SMILES string of the molecule is CC(OC(=O)c1ccc(COc2ccccc2)o1)C(=O)Nc1ccccc1[N+](=O)[O-]. The number of nitro groups is 1. The smallest absolute Gasteiger partial charge is 0.375 e. The van der Waals surface area contributed by atoms with Crippen LogP contribution in [0.1, 0.15) is 23.2 Å². The maximum Gasteiger partial charge on any atom is 0.375 e. The molecule has 1 amide bonds. The van der Waals surface area contributed by atoms with E-state index in [4.69, 9.17) is 13.9 Å². The number of esters is 1. The lowest BCUT2D eigenvalue weighted by molar-refractivity contribution is -0.383. The molecule has 0 saturated heterocycles. The van der Waals surface area contributed by atoms with E-state index in [2.05, 4.69) is 5.32 Å². The summed E-state index contributed by atoms with van der Waals surface area (Å²) in [6.45, 7) is 1.47. The van der Waals surface area contributed by atoms with Gasteiger partial charge in [-0.3, -0.25) is 14.9 Å². The zero-order chi connectivity index (χ0) is 21.5. The second kappa shape index (κ2) is 9.37. The minimum Gasteiger partial charge on any atom is -0.486 e. The zero-order valence-electron chi connectivity index (χ0n) is 15.9. The average molecular weight is 410 g/mol. The van der Waals surface area contributed by atoms with Crippen LogP contribution in [0, 0.1) is 10.1 Å². The number of furan rings is 1. The fourth-order valence-corrected chi connectivity index (χ4v) is 2.48. The molecule has 1 unspecified atom stereocenters. The molecule has 9 heteroatoms. The minimum absolute atomic E-state index is 0.00810. The molecule has 0 aliphatic carbocycles. The van der Waals surface area contributed by atoms with E-state index < -0.39 is 22.9 Å². The summed E-state index contributed by atoms with van der Waals surface area (Å²) in [5, 5.41) is 13.4. The summed E-state index contributed by atoms with van der Waals surface area (Å²) >= 11 is 0. The summed E-state index contributed by atoms with van der Waals surface area (Å²) < 4.78 is 16.0. The Morgan fingerprint density at radius 3 is 2.50 bits per heavy atom. The third-order valence-corrected chi connectivity index (χ3v) is 4.00. The van der Waals surface area contributed by atoms with E-state index in [-0.39, 0.29) is 23.7 Å². The maximum absolute atomic E-state index is 12.3. The Labute approximate surface area is 171 Å². The minimum atomic E-state index is -1.20. The van der Waals surface area contributed by atoms with Crippen LogP contribution in [0.25, 0.3) is 0 Å². The third-order valence-electron chi connectivity index (χ3n) is 4.00. The van der Waals surface area contributed by atoms with Gasteiger partial charge in [0.1, 0.15) is 23.8 Å². The Hall–Kier alpha value is -4.14. The predicted octanol–water partition coefficient (Wildman–Crippen LogP) is 3.95. The van der Waals surface area contributed by atoms with Crippen LogP contribution in [0.4, 0.5) is 11.4 Å². The molecule has 9 nitrogen and oxygen atoms in total. The molecule has 0 aliphatic rings. The van der Waals surface area contributed by atoms with Crippen molar-refractivity contribution in [1.29, 1.82) is 0 Å². The number of rotatable bonds is 8. The largest absolute Gasteiger partial charge is 0.486 e. The van der Waals surface area contributed by atoms with Crippen molar-refractivity contribution in [2.45, 2.75) is 19.6 Å². The lowest BCUT2D eigenvalue weighted by atomic mass is 10.2. The van der Waals surface area contributed by atoms with Gasteiger partial charge in [-0.05, 0) is 37.3 Å². The summed E-state index contributed by atoms with van der Waals surface area (Å²) in [6.07, 6.45) is -1.20. The van der Waals surface area contributed by atoms with Crippen LogP contribution in [0.3, 0.4) is 0 Å². The highest BCUT2D eigenvalue weighted by molar-refractivity contribution is 5.98. The highest BCUT2D eigenvalue weighted by Crippen LogP contribution is 2.23. The van der Waals surface area contributed by atoms with E-state index in [0.29, 0.717) is 11.5 Å². The van der Waals surface area contributed by atoms with Gasteiger partial charge in [-0.15, -0.1) is 0 Å². The zero-order valence-corrected chi connectivity index (χ0v) is 15.9. The lowest BCUT2D eigenvalue weighted by Gasteiger charge is -2.12. The van der Waals surface area contributed by atoms with E-state index in [0.717, 1.165) is 0 Å². The van der Waals surface area contributed by atoms with Gasteiger partial charge in [0.2, 0.25) is 5.76 Å². The van der Waals surface area contributed by atoms with Gasteiger partial charge >= 0.3 is 5.97 Å². The van der Waals surface area contributed by atoms with Crippen LogP contribution in [-0.2, 0) is 16.1 Å². The first-order chi connectivity index (χ1) is 14.4. The molecule has 2 aromatic carbocycles. The number of hydrogen-bond donors (Lipinski definition) is 1. The highest BCUT2D eigenvalue weighted by Gasteiger charge is 2.23. The van der Waals surface area contributed by atoms with Crippen molar-refractivity contribution in [1.82, 2.24) is 0 Å². The van der Waals surface area contributed by atoms with Gasteiger partial charge in [-0.2, -0.15) is 0 Å². The number of anilines is 1.